The molecule has 84 valence electrons. The average molecular weight is 235 g/mol. The second kappa shape index (κ2) is 4.30. The third kappa shape index (κ3) is 1.85. The van der Waals surface area contributed by atoms with Crippen LogP contribution in [0.2, 0.25) is 5.02 Å². The lowest BCUT2D eigenvalue weighted by molar-refractivity contribution is 1.12. The largest absolute Gasteiger partial charge is 0.373 e. The second-order valence-electron chi connectivity index (χ2n) is 3.92. The van der Waals surface area contributed by atoms with Crippen LogP contribution in [-0.2, 0) is 6.42 Å². The first-order valence-electron chi connectivity index (χ1n) is 5.43. The van der Waals surface area contributed by atoms with Crippen LogP contribution in [0.5, 0.6) is 0 Å². The van der Waals surface area contributed by atoms with E-state index >= 15 is 0 Å². The number of fused-ring (bicyclic) bond motifs is 1. The zero-order valence-electron chi connectivity index (χ0n) is 9.76. The molecular formula is C13H15ClN2. The van der Waals surface area contributed by atoms with Crippen molar-refractivity contribution in [1.82, 2.24) is 4.98 Å². The highest BCUT2D eigenvalue weighted by molar-refractivity contribution is 6.35. The van der Waals surface area contributed by atoms with Gasteiger partial charge in [-0.05, 0) is 42.7 Å². The number of hydrogen-bond acceptors (Lipinski definition) is 2. The highest BCUT2D eigenvalue weighted by Crippen LogP contribution is 2.27. The summed E-state index contributed by atoms with van der Waals surface area (Å²) in [6.07, 6.45) is 0.963. The van der Waals surface area contributed by atoms with Crippen molar-refractivity contribution in [3.63, 3.8) is 0 Å². The molecule has 2 nitrogen and oxygen atoms in total. The lowest BCUT2D eigenvalue weighted by atomic mass is 10.1. The van der Waals surface area contributed by atoms with Crippen molar-refractivity contribution in [1.29, 1.82) is 0 Å². The molecule has 1 heterocycles. The number of pyridine rings is 1. The van der Waals surface area contributed by atoms with Crippen molar-refractivity contribution in [2.24, 2.45) is 0 Å². The first-order chi connectivity index (χ1) is 7.65. The lowest BCUT2D eigenvalue weighted by Gasteiger charge is -2.10. The van der Waals surface area contributed by atoms with Gasteiger partial charge in [-0.1, -0.05) is 18.5 Å². The normalized spacial score (nSPS) is 10.8. The van der Waals surface area contributed by atoms with E-state index in [1.165, 1.54) is 11.1 Å². The number of nitrogens with zero attached hydrogens (tertiary/aromatic N) is 1. The minimum Gasteiger partial charge on any atom is -0.373 e. The van der Waals surface area contributed by atoms with Crippen LogP contribution in [0.1, 0.15) is 18.1 Å². The molecule has 2 aromatic rings. The minimum atomic E-state index is 0.717. The number of anilines is 1. The maximum atomic E-state index is 6.20. The second-order valence-corrected chi connectivity index (χ2v) is 4.33. The Labute approximate surface area is 101 Å². The summed E-state index contributed by atoms with van der Waals surface area (Å²) in [6, 6.07) is 6.22. The van der Waals surface area contributed by atoms with E-state index < -0.39 is 0 Å². The van der Waals surface area contributed by atoms with E-state index in [4.69, 9.17) is 11.6 Å². The topological polar surface area (TPSA) is 24.9 Å². The van der Waals surface area contributed by atoms with Gasteiger partial charge in [0.15, 0.2) is 0 Å². The molecule has 0 saturated carbocycles. The predicted octanol–water partition coefficient (Wildman–Crippen LogP) is 3.80. The van der Waals surface area contributed by atoms with Crippen LogP contribution in [0, 0.1) is 6.92 Å². The highest BCUT2D eigenvalue weighted by Gasteiger charge is 2.07. The van der Waals surface area contributed by atoms with E-state index in [-0.39, 0.29) is 0 Å². The van der Waals surface area contributed by atoms with Gasteiger partial charge in [0.05, 0.1) is 10.5 Å². The van der Waals surface area contributed by atoms with Gasteiger partial charge in [0.2, 0.25) is 0 Å². The standard InChI is InChI=1S/C13H15ClN2/c1-4-9-7-10-5-8(2)6-11(14)12(10)16-13(9)15-3/h5-7H,4H2,1-3H3,(H,15,16). The number of aromatic nitrogens is 1. The average Bonchev–Trinajstić information content (AvgIpc) is 2.27. The smallest absolute Gasteiger partial charge is 0.129 e. The van der Waals surface area contributed by atoms with E-state index in [0.717, 1.165) is 23.1 Å². The fourth-order valence-electron chi connectivity index (χ4n) is 1.92. The maximum absolute atomic E-state index is 6.20. The number of hydrogen-bond donors (Lipinski definition) is 1. The van der Waals surface area contributed by atoms with E-state index in [1.54, 1.807) is 0 Å². The van der Waals surface area contributed by atoms with Crippen LogP contribution in [0.4, 0.5) is 5.82 Å². The predicted molar refractivity (Wildman–Crippen MR) is 70.4 cm³/mol. The van der Waals surface area contributed by atoms with Crippen molar-refractivity contribution >= 4 is 28.3 Å². The van der Waals surface area contributed by atoms with Crippen molar-refractivity contribution in [3.05, 3.63) is 34.3 Å². The van der Waals surface area contributed by atoms with Crippen LogP contribution < -0.4 is 5.32 Å². The molecule has 0 aliphatic heterocycles. The van der Waals surface area contributed by atoms with Gasteiger partial charge in [0.25, 0.3) is 0 Å². The Kier molecular flexibility index (Phi) is 3.01. The molecule has 0 fully saturated rings. The minimum absolute atomic E-state index is 0.717. The van der Waals surface area contributed by atoms with Gasteiger partial charge in [-0.25, -0.2) is 4.98 Å². The molecular weight excluding hydrogens is 220 g/mol. The molecule has 2 rings (SSSR count). The number of rotatable bonds is 2. The summed E-state index contributed by atoms with van der Waals surface area (Å²) in [5, 5.41) is 4.94. The summed E-state index contributed by atoms with van der Waals surface area (Å²) in [4.78, 5) is 4.56. The van der Waals surface area contributed by atoms with Gasteiger partial charge < -0.3 is 5.32 Å². The zero-order valence-corrected chi connectivity index (χ0v) is 10.5. The molecule has 0 atom stereocenters. The van der Waals surface area contributed by atoms with E-state index in [9.17, 15) is 0 Å². The van der Waals surface area contributed by atoms with Crippen LogP contribution in [0.15, 0.2) is 18.2 Å². The van der Waals surface area contributed by atoms with Gasteiger partial charge in [-0.3, -0.25) is 0 Å². The Bertz CT molecular complexity index is 535. The van der Waals surface area contributed by atoms with Gasteiger partial charge in [0.1, 0.15) is 5.82 Å². The molecule has 1 aromatic heterocycles. The molecule has 0 amide bonds. The van der Waals surface area contributed by atoms with Crippen LogP contribution >= 0.6 is 11.6 Å². The number of nitrogens with one attached hydrogen (secondary N) is 1. The summed E-state index contributed by atoms with van der Waals surface area (Å²) in [7, 11) is 1.88. The molecule has 0 bridgehead atoms. The molecule has 1 aromatic carbocycles. The molecule has 3 heteroatoms. The molecule has 0 saturated heterocycles. The van der Waals surface area contributed by atoms with Crippen molar-refractivity contribution < 1.29 is 0 Å². The fourth-order valence-corrected chi connectivity index (χ4v) is 2.24. The molecule has 0 unspecified atom stereocenters. The first kappa shape index (κ1) is 11.2. The highest BCUT2D eigenvalue weighted by atomic mass is 35.5. The molecule has 0 aliphatic carbocycles. The quantitative estimate of drug-likeness (QED) is 0.855. The third-order valence-corrected chi connectivity index (χ3v) is 3.00. The molecule has 0 spiro atoms. The van der Waals surface area contributed by atoms with Crippen LogP contribution in [-0.4, -0.2) is 12.0 Å². The zero-order chi connectivity index (χ0) is 11.7. The van der Waals surface area contributed by atoms with E-state index in [2.05, 4.69) is 29.4 Å². The summed E-state index contributed by atoms with van der Waals surface area (Å²) in [5.41, 5.74) is 3.25. The van der Waals surface area contributed by atoms with Crippen molar-refractivity contribution in [2.45, 2.75) is 20.3 Å². The summed E-state index contributed by atoms with van der Waals surface area (Å²) in [5.74, 6) is 0.917. The first-order valence-corrected chi connectivity index (χ1v) is 5.81. The molecule has 16 heavy (non-hydrogen) atoms. The summed E-state index contributed by atoms with van der Waals surface area (Å²) < 4.78 is 0. The molecule has 0 aliphatic rings. The summed E-state index contributed by atoms with van der Waals surface area (Å²) >= 11 is 6.20. The van der Waals surface area contributed by atoms with Crippen molar-refractivity contribution in [3.8, 4) is 0 Å². The SMILES string of the molecule is CCc1cc2cc(C)cc(Cl)c2nc1NC. The number of halogens is 1. The summed E-state index contributed by atoms with van der Waals surface area (Å²) in [6.45, 7) is 4.17. The fraction of sp³-hybridized carbons (Fsp3) is 0.308. The van der Waals surface area contributed by atoms with Crippen LogP contribution in [0.3, 0.4) is 0 Å². The Balaban J connectivity index is 2.78. The van der Waals surface area contributed by atoms with E-state index in [1.807, 2.05) is 20.0 Å². The number of benzene rings is 1. The Morgan fingerprint density at radius 2 is 2.06 bits per heavy atom. The van der Waals surface area contributed by atoms with E-state index in [0.29, 0.717) is 5.02 Å². The van der Waals surface area contributed by atoms with Gasteiger partial charge in [-0.15, -0.1) is 0 Å². The lowest BCUT2D eigenvalue weighted by Crippen LogP contribution is -1.98. The Morgan fingerprint density at radius 3 is 2.69 bits per heavy atom. The van der Waals surface area contributed by atoms with Gasteiger partial charge in [-0.2, -0.15) is 0 Å². The molecule has 0 radical (unpaired) electrons. The third-order valence-electron chi connectivity index (χ3n) is 2.71. The Morgan fingerprint density at radius 1 is 1.31 bits per heavy atom. The number of aryl methyl sites for hydroxylation is 2. The van der Waals surface area contributed by atoms with Crippen molar-refractivity contribution in [2.75, 3.05) is 12.4 Å². The molecule has 1 N–H and O–H groups in total. The van der Waals surface area contributed by atoms with Gasteiger partial charge >= 0.3 is 0 Å². The van der Waals surface area contributed by atoms with Crippen LogP contribution in [0.25, 0.3) is 10.9 Å². The van der Waals surface area contributed by atoms with Gasteiger partial charge in [0, 0.05) is 12.4 Å². The maximum Gasteiger partial charge on any atom is 0.129 e. The Hall–Kier alpha value is -1.28. The monoisotopic (exact) mass is 234 g/mol.